The molecule has 0 radical (unpaired) electrons. The zero-order chi connectivity index (χ0) is 24.5. The van der Waals surface area contributed by atoms with Crippen molar-refractivity contribution >= 4 is 51.7 Å². The fraction of sp³-hybridized carbons (Fsp3) is 0.333. The zero-order valence-corrected chi connectivity index (χ0v) is 21.4. The van der Waals surface area contributed by atoms with E-state index in [1.165, 1.54) is 16.2 Å². The van der Waals surface area contributed by atoms with E-state index in [0.29, 0.717) is 26.3 Å². The van der Waals surface area contributed by atoms with Crippen LogP contribution in [0.4, 0.5) is 5.82 Å². The minimum atomic E-state index is -0.205. The molecule has 3 aromatic rings. The van der Waals surface area contributed by atoms with Crippen molar-refractivity contribution in [3.05, 3.63) is 81.1 Å². The Morgan fingerprint density at radius 2 is 1.80 bits per heavy atom. The standard InChI is InChI=1S/C27H28N4O2S2/c1-17-11-13-20(14-12-17)28-24-21(25(32)30-15-7-6-10-23(30)29-24)16-22-26(33)31(27(34)35-22)18(2)19-8-4-3-5-9-19/h3-10,15-18,20,28H,11-14H2,1-2H3/b22-16+. The Kier molecular flexibility index (Phi) is 6.75. The summed E-state index contributed by atoms with van der Waals surface area (Å²) in [6, 6.07) is 15.4. The molecular formula is C27H28N4O2S2. The number of thioether (sulfide) groups is 1. The van der Waals surface area contributed by atoms with Gasteiger partial charge in [-0.3, -0.25) is 18.9 Å². The molecule has 35 heavy (non-hydrogen) atoms. The molecule has 180 valence electrons. The van der Waals surface area contributed by atoms with Crippen LogP contribution in [0.5, 0.6) is 0 Å². The Morgan fingerprint density at radius 1 is 1.09 bits per heavy atom. The maximum atomic E-state index is 13.5. The third kappa shape index (κ3) is 4.77. The number of amides is 1. The molecule has 2 aliphatic rings. The van der Waals surface area contributed by atoms with Crippen LogP contribution in [0.1, 0.15) is 56.7 Å². The average molecular weight is 505 g/mol. The molecule has 1 saturated heterocycles. The van der Waals surface area contributed by atoms with Gasteiger partial charge in [-0.2, -0.15) is 0 Å². The van der Waals surface area contributed by atoms with Crippen molar-refractivity contribution in [1.82, 2.24) is 14.3 Å². The van der Waals surface area contributed by atoms with Crippen LogP contribution in [0, 0.1) is 5.92 Å². The van der Waals surface area contributed by atoms with E-state index >= 15 is 0 Å². The minimum Gasteiger partial charge on any atom is -0.367 e. The number of nitrogens with zero attached hydrogens (tertiary/aromatic N) is 3. The van der Waals surface area contributed by atoms with Gasteiger partial charge in [0.05, 0.1) is 16.5 Å². The number of fused-ring (bicyclic) bond motifs is 1. The summed E-state index contributed by atoms with van der Waals surface area (Å²) in [7, 11) is 0. The van der Waals surface area contributed by atoms with Crippen LogP contribution in [0.3, 0.4) is 0 Å². The molecule has 1 unspecified atom stereocenters. The molecule has 1 saturated carbocycles. The van der Waals surface area contributed by atoms with Crippen LogP contribution in [0.25, 0.3) is 11.7 Å². The molecule has 1 aliphatic heterocycles. The van der Waals surface area contributed by atoms with E-state index in [0.717, 1.165) is 37.2 Å². The number of pyridine rings is 1. The molecule has 3 heterocycles. The fourth-order valence-corrected chi connectivity index (χ4v) is 6.17. The Balaban J connectivity index is 1.52. The number of anilines is 1. The van der Waals surface area contributed by atoms with Crippen LogP contribution in [0.15, 0.2) is 64.4 Å². The summed E-state index contributed by atoms with van der Waals surface area (Å²) in [6.45, 7) is 4.24. The van der Waals surface area contributed by atoms with Gasteiger partial charge in [-0.25, -0.2) is 4.98 Å². The van der Waals surface area contributed by atoms with E-state index in [1.807, 2.05) is 49.4 Å². The largest absolute Gasteiger partial charge is 0.367 e. The number of aromatic nitrogens is 2. The summed E-state index contributed by atoms with van der Waals surface area (Å²) >= 11 is 6.82. The Morgan fingerprint density at radius 3 is 2.54 bits per heavy atom. The molecule has 5 rings (SSSR count). The number of thiocarbonyl (C=S) groups is 1. The summed E-state index contributed by atoms with van der Waals surface area (Å²) in [5.74, 6) is 1.06. The molecular weight excluding hydrogens is 476 g/mol. The highest BCUT2D eigenvalue weighted by molar-refractivity contribution is 8.26. The van der Waals surface area contributed by atoms with Crippen LogP contribution in [-0.4, -0.2) is 30.6 Å². The third-order valence-electron chi connectivity index (χ3n) is 6.89. The molecule has 8 heteroatoms. The maximum Gasteiger partial charge on any atom is 0.267 e. The van der Waals surface area contributed by atoms with Crippen molar-refractivity contribution in [3.63, 3.8) is 0 Å². The highest BCUT2D eigenvalue weighted by Crippen LogP contribution is 2.38. The summed E-state index contributed by atoms with van der Waals surface area (Å²) in [6.07, 6.45) is 7.74. The number of benzene rings is 1. The molecule has 0 spiro atoms. The van der Waals surface area contributed by atoms with Gasteiger partial charge >= 0.3 is 0 Å². The second-order valence-corrected chi connectivity index (χ2v) is 11.0. The number of hydrogen-bond donors (Lipinski definition) is 1. The van der Waals surface area contributed by atoms with Crippen LogP contribution in [-0.2, 0) is 4.79 Å². The number of rotatable bonds is 5. The molecule has 1 aliphatic carbocycles. The van der Waals surface area contributed by atoms with Gasteiger partial charge < -0.3 is 5.32 Å². The zero-order valence-electron chi connectivity index (χ0n) is 19.8. The van der Waals surface area contributed by atoms with Gasteiger partial charge in [-0.15, -0.1) is 0 Å². The first-order chi connectivity index (χ1) is 16.9. The lowest BCUT2D eigenvalue weighted by Gasteiger charge is -2.27. The summed E-state index contributed by atoms with van der Waals surface area (Å²) < 4.78 is 2.01. The maximum absolute atomic E-state index is 13.5. The van der Waals surface area contributed by atoms with Crippen LogP contribution in [0.2, 0.25) is 0 Å². The molecule has 1 aromatic carbocycles. The summed E-state index contributed by atoms with van der Waals surface area (Å²) in [5.41, 5.74) is 1.77. The lowest BCUT2D eigenvalue weighted by Crippen LogP contribution is -2.31. The third-order valence-corrected chi connectivity index (χ3v) is 8.22. The van der Waals surface area contributed by atoms with Crippen molar-refractivity contribution < 1.29 is 4.79 Å². The van der Waals surface area contributed by atoms with Gasteiger partial charge in [-0.05, 0) is 62.3 Å². The van der Waals surface area contributed by atoms with E-state index in [-0.39, 0.29) is 23.6 Å². The van der Waals surface area contributed by atoms with Gasteiger partial charge in [0.25, 0.3) is 11.5 Å². The molecule has 1 amide bonds. The number of hydrogen-bond acceptors (Lipinski definition) is 6. The molecule has 1 atom stereocenters. The van der Waals surface area contributed by atoms with E-state index in [4.69, 9.17) is 17.2 Å². The summed E-state index contributed by atoms with van der Waals surface area (Å²) in [4.78, 5) is 33.8. The van der Waals surface area contributed by atoms with Gasteiger partial charge in [-0.1, -0.05) is 67.3 Å². The predicted octanol–water partition coefficient (Wildman–Crippen LogP) is 5.65. The second kappa shape index (κ2) is 9.95. The lowest BCUT2D eigenvalue weighted by molar-refractivity contribution is -0.123. The SMILES string of the molecule is CC1CCC(Nc2nc3ccccn3c(=O)c2/C=C2/SC(=S)N(C(C)c3ccccc3)C2=O)CC1. The molecule has 2 fully saturated rings. The minimum absolute atomic E-state index is 0.189. The van der Waals surface area contributed by atoms with Crippen LogP contribution >= 0.6 is 24.0 Å². The van der Waals surface area contributed by atoms with Crippen molar-refractivity contribution in [1.29, 1.82) is 0 Å². The Bertz CT molecular complexity index is 1360. The predicted molar refractivity (Wildman–Crippen MR) is 146 cm³/mol. The van der Waals surface area contributed by atoms with Crippen molar-refractivity contribution in [3.8, 4) is 0 Å². The first kappa shape index (κ1) is 23.8. The second-order valence-electron chi connectivity index (χ2n) is 9.35. The van der Waals surface area contributed by atoms with E-state index in [1.54, 1.807) is 23.2 Å². The normalized spacial score (nSPS) is 22.7. The first-order valence-electron chi connectivity index (χ1n) is 12.0. The van der Waals surface area contributed by atoms with E-state index in [2.05, 4.69) is 12.2 Å². The smallest absolute Gasteiger partial charge is 0.267 e. The van der Waals surface area contributed by atoms with Crippen molar-refractivity contribution in [2.45, 2.75) is 51.6 Å². The van der Waals surface area contributed by atoms with E-state index < -0.39 is 0 Å². The van der Waals surface area contributed by atoms with Crippen molar-refractivity contribution in [2.24, 2.45) is 5.92 Å². The van der Waals surface area contributed by atoms with Crippen LogP contribution < -0.4 is 10.9 Å². The van der Waals surface area contributed by atoms with Gasteiger partial charge in [0.2, 0.25) is 0 Å². The van der Waals surface area contributed by atoms with Gasteiger partial charge in [0.15, 0.2) is 0 Å². The Hall–Kier alpha value is -2.97. The lowest BCUT2D eigenvalue weighted by atomic mass is 9.87. The van der Waals surface area contributed by atoms with Gasteiger partial charge in [0, 0.05) is 12.2 Å². The molecule has 6 nitrogen and oxygen atoms in total. The highest BCUT2D eigenvalue weighted by Gasteiger charge is 2.36. The number of carbonyl (C=O) groups excluding carboxylic acids is 1. The Labute approximate surface area is 214 Å². The average Bonchev–Trinajstić information content (AvgIpc) is 3.15. The topological polar surface area (TPSA) is 66.7 Å². The monoisotopic (exact) mass is 504 g/mol. The fourth-order valence-electron chi connectivity index (χ4n) is 4.77. The number of nitrogens with one attached hydrogen (secondary N) is 1. The molecule has 2 aromatic heterocycles. The number of carbonyl (C=O) groups is 1. The van der Waals surface area contributed by atoms with E-state index in [9.17, 15) is 9.59 Å². The van der Waals surface area contributed by atoms with Crippen molar-refractivity contribution in [2.75, 3.05) is 5.32 Å². The first-order valence-corrected chi connectivity index (χ1v) is 13.2. The quantitative estimate of drug-likeness (QED) is 0.358. The summed E-state index contributed by atoms with van der Waals surface area (Å²) in [5, 5.41) is 3.53. The molecule has 1 N–H and O–H groups in total. The highest BCUT2D eigenvalue weighted by atomic mass is 32.2. The van der Waals surface area contributed by atoms with Gasteiger partial charge in [0.1, 0.15) is 15.8 Å². The molecule has 0 bridgehead atoms.